The van der Waals surface area contributed by atoms with Gasteiger partial charge < -0.3 is 14.8 Å². The molecule has 2 atom stereocenters. The monoisotopic (exact) mass is 447 g/mol. The molecule has 2 saturated heterocycles. The smallest absolute Gasteiger partial charge is 0.188 e. The summed E-state index contributed by atoms with van der Waals surface area (Å²) >= 11 is 0. The van der Waals surface area contributed by atoms with Gasteiger partial charge in [0, 0.05) is 48.5 Å². The fourth-order valence-electron chi connectivity index (χ4n) is 5.91. The molecule has 1 aromatic carbocycles. The van der Waals surface area contributed by atoms with Gasteiger partial charge in [0.1, 0.15) is 12.3 Å². The first-order valence-electron chi connectivity index (χ1n) is 12.0. The average Bonchev–Trinajstić information content (AvgIpc) is 3.28. The molecular weight excluding hydrogens is 414 g/mol. The topological polar surface area (TPSA) is 78.6 Å². The zero-order valence-electron chi connectivity index (χ0n) is 19.4. The second-order valence-electron chi connectivity index (χ2n) is 10.4. The molecule has 2 aliphatic heterocycles. The molecule has 174 valence electrons. The normalized spacial score (nSPS) is 23.3. The average molecular weight is 448 g/mol. The van der Waals surface area contributed by atoms with Crippen LogP contribution < -0.4 is 0 Å². The van der Waals surface area contributed by atoms with Crippen LogP contribution in [0.5, 0.6) is 0 Å². The lowest BCUT2D eigenvalue weighted by molar-refractivity contribution is 0.00299. The standard InChI is InChI=1S/C27H33N3O3/c1-27(2,33)17-30-21-7-8-22(30)14-20(13-21)23-9-11-28-26-24(23)10-12-29(26)15-18-3-5-19(6-4-18)25(32)16-31/h3-6,9-12,20-22,31,33H,7-8,13-17H2,1-2H3. The minimum absolute atomic E-state index is 0.262. The van der Waals surface area contributed by atoms with Gasteiger partial charge in [-0.15, -0.1) is 0 Å². The molecule has 6 heteroatoms. The summed E-state index contributed by atoms with van der Waals surface area (Å²) in [5.74, 6) is 0.257. The van der Waals surface area contributed by atoms with Gasteiger partial charge in [-0.1, -0.05) is 24.3 Å². The molecule has 4 heterocycles. The van der Waals surface area contributed by atoms with Gasteiger partial charge in [-0.3, -0.25) is 9.69 Å². The number of aliphatic hydroxyl groups excluding tert-OH is 1. The maximum Gasteiger partial charge on any atom is 0.188 e. The number of carbonyl (C=O) groups is 1. The molecule has 6 nitrogen and oxygen atoms in total. The van der Waals surface area contributed by atoms with Crippen LogP contribution in [0.4, 0.5) is 0 Å². The molecule has 2 bridgehead atoms. The van der Waals surface area contributed by atoms with Crippen LogP contribution in [0, 0.1) is 0 Å². The van der Waals surface area contributed by atoms with E-state index in [2.05, 4.69) is 27.8 Å². The summed E-state index contributed by atoms with van der Waals surface area (Å²) in [4.78, 5) is 18.9. The third-order valence-corrected chi connectivity index (χ3v) is 7.36. The van der Waals surface area contributed by atoms with Crippen LogP contribution in [0.1, 0.15) is 66.9 Å². The fraction of sp³-hybridized carbons (Fsp3) is 0.481. The lowest BCUT2D eigenvalue weighted by atomic mass is 9.83. The minimum Gasteiger partial charge on any atom is -0.389 e. The number of nitrogens with zero attached hydrogens (tertiary/aromatic N) is 3. The quantitative estimate of drug-likeness (QED) is 0.540. The Morgan fingerprint density at radius 1 is 1.09 bits per heavy atom. The Morgan fingerprint density at radius 2 is 1.79 bits per heavy atom. The van der Waals surface area contributed by atoms with Crippen LogP contribution in [-0.4, -0.2) is 61.3 Å². The molecule has 2 aliphatic rings. The highest BCUT2D eigenvalue weighted by molar-refractivity contribution is 5.96. The number of aromatic nitrogens is 2. The van der Waals surface area contributed by atoms with E-state index in [0.29, 0.717) is 30.1 Å². The zero-order valence-corrected chi connectivity index (χ0v) is 19.4. The van der Waals surface area contributed by atoms with Crippen molar-refractivity contribution in [3.63, 3.8) is 0 Å². The second-order valence-corrected chi connectivity index (χ2v) is 10.4. The molecule has 0 radical (unpaired) electrons. The molecule has 3 aromatic rings. The molecule has 2 N–H and O–H groups in total. The Hall–Kier alpha value is -2.54. The summed E-state index contributed by atoms with van der Waals surface area (Å²) in [5.41, 5.74) is 3.35. The highest BCUT2D eigenvalue weighted by Crippen LogP contribution is 2.44. The third kappa shape index (κ3) is 4.47. The lowest BCUT2D eigenvalue weighted by Gasteiger charge is -2.41. The predicted octanol–water partition coefficient (Wildman–Crippen LogP) is 3.74. The number of hydrogen-bond acceptors (Lipinski definition) is 5. The van der Waals surface area contributed by atoms with Gasteiger partial charge in [-0.25, -0.2) is 4.98 Å². The highest BCUT2D eigenvalue weighted by atomic mass is 16.3. The number of pyridine rings is 1. The van der Waals surface area contributed by atoms with Gasteiger partial charge in [0.25, 0.3) is 0 Å². The van der Waals surface area contributed by atoms with Crippen molar-refractivity contribution in [3.8, 4) is 0 Å². The molecule has 33 heavy (non-hydrogen) atoms. The van der Waals surface area contributed by atoms with Crippen molar-refractivity contribution in [1.29, 1.82) is 0 Å². The predicted molar refractivity (Wildman–Crippen MR) is 128 cm³/mol. The lowest BCUT2D eigenvalue weighted by Crippen LogP contribution is -2.48. The third-order valence-electron chi connectivity index (χ3n) is 7.36. The molecule has 2 fully saturated rings. The Labute approximate surface area is 194 Å². The van der Waals surface area contributed by atoms with Gasteiger partial charge in [-0.2, -0.15) is 0 Å². The number of aliphatic hydroxyl groups is 2. The molecule has 0 spiro atoms. The van der Waals surface area contributed by atoms with Gasteiger partial charge in [0.2, 0.25) is 0 Å². The number of Topliss-reactive ketones (excluding diaryl/α,β-unsaturated/α-hetero) is 1. The van der Waals surface area contributed by atoms with Crippen molar-refractivity contribution in [2.24, 2.45) is 0 Å². The molecule has 0 amide bonds. The molecule has 0 aliphatic carbocycles. The van der Waals surface area contributed by atoms with Crippen LogP contribution in [0.25, 0.3) is 11.0 Å². The summed E-state index contributed by atoms with van der Waals surface area (Å²) in [6.07, 6.45) is 8.76. The summed E-state index contributed by atoms with van der Waals surface area (Å²) in [7, 11) is 0. The number of ketones is 1. The van der Waals surface area contributed by atoms with Crippen molar-refractivity contribution in [3.05, 3.63) is 65.5 Å². The number of benzene rings is 1. The SMILES string of the molecule is CC(C)(O)CN1C2CCC1CC(c1ccnc3c1ccn3Cc1ccc(C(=O)CO)cc1)C2. The van der Waals surface area contributed by atoms with E-state index in [-0.39, 0.29) is 5.78 Å². The van der Waals surface area contributed by atoms with Gasteiger partial charge >= 0.3 is 0 Å². The number of hydrogen-bond donors (Lipinski definition) is 2. The van der Waals surface area contributed by atoms with Crippen LogP contribution >= 0.6 is 0 Å². The largest absolute Gasteiger partial charge is 0.389 e. The minimum atomic E-state index is -0.654. The Morgan fingerprint density at radius 3 is 2.42 bits per heavy atom. The first-order valence-corrected chi connectivity index (χ1v) is 12.0. The van der Waals surface area contributed by atoms with Crippen LogP contribution in [0.15, 0.2) is 48.8 Å². The van der Waals surface area contributed by atoms with E-state index in [0.717, 1.165) is 30.6 Å². The van der Waals surface area contributed by atoms with Crippen LogP contribution in [0.2, 0.25) is 0 Å². The molecule has 2 aromatic heterocycles. The van der Waals surface area contributed by atoms with Crippen molar-refractivity contribution in [2.75, 3.05) is 13.2 Å². The first kappa shape index (κ1) is 22.3. The fourth-order valence-corrected chi connectivity index (χ4v) is 5.91. The van der Waals surface area contributed by atoms with E-state index in [1.54, 1.807) is 12.1 Å². The molecule has 2 unspecified atom stereocenters. The number of rotatable bonds is 7. The number of fused-ring (bicyclic) bond motifs is 3. The molecule has 5 rings (SSSR count). The summed E-state index contributed by atoms with van der Waals surface area (Å²) < 4.78 is 2.17. The zero-order chi connectivity index (χ0) is 23.2. The van der Waals surface area contributed by atoms with E-state index in [9.17, 15) is 9.90 Å². The summed E-state index contributed by atoms with van der Waals surface area (Å²) in [5, 5.41) is 20.6. The van der Waals surface area contributed by atoms with Crippen molar-refractivity contribution in [1.82, 2.24) is 14.5 Å². The maximum absolute atomic E-state index is 11.7. The highest BCUT2D eigenvalue weighted by Gasteiger charge is 2.42. The summed E-state index contributed by atoms with van der Waals surface area (Å²) in [6.45, 7) is 4.78. The summed E-state index contributed by atoms with van der Waals surface area (Å²) in [6, 6.07) is 12.9. The van der Waals surface area contributed by atoms with Gasteiger partial charge in [0.05, 0.1) is 5.60 Å². The van der Waals surface area contributed by atoms with E-state index in [1.807, 2.05) is 32.2 Å². The maximum atomic E-state index is 11.7. The molecule has 0 saturated carbocycles. The van der Waals surface area contributed by atoms with Gasteiger partial charge in [0.15, 0.2) is 5.78 Å². The Bertz CT molecular complexity index is 1130. The van der Waals surface area contributed by atoms with E-state index < -0.39 is 12.2 Å². The Balaban J connectivity index is 1.36. The van der Waals surface area contributed by atoms with Crippen molar-refractivity contribution in [2.45, 2.75) is 69.7 Å². The van der Waals surface area contributed by atoms with Crippen molar-refractivity contribution >= 4 is 16.8 Å². The molecular formula is C27H33N3O3. The van der Waals surface area contributed by atoms with Crippen molar-refractivity contribution < 1.29 is 15.0 Å². The van der Waals surface area contributed by atoms with Gasteiger partial charge in [-0.05, 0) is 68.7 Å². The number of piperidine rings is 1. The first-order chi connectivity index (χ1) is 15.8. The van der Waals surface area contributed by atoms with Crippen LogP contribution in [0.3, 0.4) is 0 Å². The van der Waals surface area contributed by atoms with Crippen LogP contribution in [-0.2, 0) is 6.54 Å². The van der Waals surface area contributed by atoms with E-state index in [1.165, 1.54) is 23.8 Å². The Kier molecular flexibility index (Phi) is 5.85. The van der Waals surface area contributed by atoms with E-state index >= 15 is 0 Å². The second kappa shape index (κ2) is 8.67. The number of carbonyl (C=O) groups excluding carboxylic acids is 1. The van der Waals surface area contributed by atoms with E-state index in [4.69, 9.17) is 10.1 Å².